The van der Waals surface area contributed by atoms with Crippen molar-refractivity contribution in [2.75, 3.05) is 56.2 Å². The molecule has 0 aromatic heterocycles. The Kier molecular flexibility index (Phi) is 6.11. The summed E-state index contributed by atoms with van der Waals surface area (Å²) in [5.74, 6) is 0.807. The third-order valence-corrected chi connectivity index (χ3v) is 5.66. The van der Waals surface area contributed by atoms with Crippen molar-refractivity contribution in [3.05, 3.63) is 47.0 Å². The maximum atomic E-state index is 13.0. The van der Waals surface area contributed by atoms with Crippen molar-refractivity contribution < 1.29 is 14.3 Å². The van der Waals surface area contributed by atoms with E-state index in [0.717, 1.165) is 50.5 Å². The number of para-hydroxylation sites is 2. The van der Waals surface area contributed by atoms with E-state index in [0.29, 0.717) is 35.3 Å². The van der Waals surface area contributed by atoms with Crippen LogP contribution < -0.4 is 19.7 Å². The van der Waals surface area contributed by atoms with Gasteiger partial charge in [-0.1, -0.05) is 30.7 Å². The molecule has 4 rings (SSSR count). The Bertz CT molecular complexity index is 882. The molecule has 154 valence electrons. The van der Waals surface area contributed by atoms with Gasteiger partial charge in [0.05, 0.1) is 29.6 Å². The van der Waals surface area contributed by atoms with Gasteiger partial charge in [-0.15, -0.1) is 0 Å². The quantitative estimate of drug-likeness (QED) is 0.820. The topological polar surface area (TPSA) is 54.0 Å². The molecule has 1 N–H and O–H groups in total. The number of benzene rings is 2. The number of hydrogen-bond acceptors (Lipinski definition) is 5. The highest BCUT2D eigenvalue weighted by Crippen LogP contribution is 2.38. The van der Waals surface area contributed by atoms with Crippen LogP contribution in [0.15, 0.2) is 36.4 Å². The van der Waals surface area contributed by atoms with Gasteiger partial charge in [0.25, 0.3) is 5.91 Å². The van der Waals surface area contributed by atoms with E-state index in [2.05, 4.69) is 28.1 Å². The first kappa shape index (κ1) is 19.9. The SMILES string of the molecule is CCN1CCN(c2ccccc2NC(=O)c2cc(Cl)c3c(c2)OCCCO3)CC1. The number of ether oxygens (including phenoxy) is 2. The molecule has 1 fully saturated rings. The molecule has 7 heteroatoms. The summed E-state index contributed by atoms with van der Waals surface area (Å²) >= 11 is 6.35. The summed E-state index contributed by atoms with van der Waals surface area (Å²) in [6.07, 6.45) is 0.783. The van der Waals surface area contributed by atoms with Crippen molar-refractivity contribution >= 4 is 28.9 Å². The number of nitrogens with one attached hydrogen (secondary N) is 1. The first-order chi connectivity index (χ1) is 14.2. The Labute approximate surface area is 176 Å². The fourth-order valence-electron chi connectivity index (χ4n) is 3.72. The number of amides is 1. The molecule has 0 aliphatic carbocycles. The third kappa shape index (κ3) is 4.43. The highest BCUT2D eigenvalue weighted by atomic mass is 35.5. The van der Waals surface area contributed by atoms with Gasteiger partial charge in [-0.3, -0.25) is 4.79 Å². The van der Waals surface area contributed by atoms with E-state index < -0.39 is 0 Å². The molecular weight excluding hydrogens is 390 g/mol. The van der Waals surface area contributed by atoms with Gasteiger partial charge in [-0.25, -0.2) is 0 Å². The number of anilines is 2. The monoisotopic (exact) mass is 415 g/mol. The van der Waals surface area contributed by atoms with Gasteiger partial charge in [-0.05, 0) is 30.8 Å². The molecular formula is C22H26ClN3O3. The lowest BCUT2D eigenvalue weighted by Crippen LogP contribution is -2.46. The minimum atomic E-state index is -0.220. The fraction of sp³-hybridized carbons (Fsp3) is 0.409. The molecule has 2 aromatic rings. The first-order valence-corrected chi connectivity index (χ1v) is 10.5. The summed E-state index contributed by atoms with van der Waals surface area (Å²) in [5.41, 5.74) is 2.28. The van der Waals surface area contributed by atoms with E-state index in [1.165, 1.54) is 0 Å². The lowest BCUT2D eigenvalue weighted by molar-refractivity contribution is 0.102. The van der Waals surface area contributed by atoms with Gasteiger partial charge in [0.2, 0.25) is 0 Å². The summed E-state index contributed by atoms with van der Waals surface area (Å²) in [6, 6.07) is 11.3. The Morgan fingerprint density at radius 1 is 1.10 bits per heavy atom. The standard InChI is InChI=1S/C22H26ClN3O3/c1-2-25-8-10-26(11-9-25)19-7-4-3-6-18(19)24-22(27)16-14-17(23)21-20(15-16)28-12-5-13-29-21/h3-4,6-7,14-15H,2,5,8-13H2,1H3,(H,24,27). The van der Waals surface area contributed by atoms with Crippen LogP contribution in [0.3, 0.4) is 0 Å². The minimum Gasteiger partial charge on any atom is -0.489 e. The highest BCUT2D eigenvalue weighted by Gasteiger charge is 2.21. The average Bonchev–Trinajstić information content (AvgIpc) is 3.00. The number of likely N-dealkylation sites (N-methyl/N-ethyl adjacent to an activating group) is 1. The van der Waals surface area contributed by atoms with Crippen molar-refractivity contribution in [1.82, 2.24) is 4.90 Å². The minimum absolute atomic E-state index is 0.220. The number of hydrogen-bond donors (Lipinski definition) is 1. The molecule has 0 saturated carbocycles. The van der Waals surface area contributed by atoms with Crippen LogP contribution in [0.1, 0.15) is 23.7 Å². The van der Waals surface area contributed by atoms with E-state index in [1.807, 2.05) is 18.2 Å². The van der Waals surface area contributed by atoms with Gasteiger partial charge < -0.3 is 24.6 Å². The van der Waals surface area contributed by atoms with Crippen molar-refractivity contribution in [3.8, 4) is 11.5 Å². The Morgan fingerprint density at radius 2 is 1.86 bits per heavy atom. The highest BCUT2D eigenvalue weighted by molar-refractivity contribution is 6.32. The zero-order valence-corrected chi connectivity index (χ0v) is 17.4. The van der Waals surface area contributed by atoms with Crippen LogP contribution in [0.2, 0.25) is 5.02 Å². The number of carbonyl (C=O) groups excluding carboxylic acids is 1. The smallest absolute Gasteiger partial charge is 0.255 e. The van der Waals surface area contributed by atoms with Crippen molar-refractivity contribution in [1.29, 1.82) is 0 Å². The number of carbonyl (C=O) groups is 1. The second-order valence-electron chi connectivity index (χ2n) is 7.23. The van der Waals surface area contributed by atoms with Crippen LogP contribution in [-0.4, -0.2) is 56.7 Å². The van der Waals surface area contributed by atoms with E-state index >= 15 is 0 Å². The van der Waals surface area contributed by atoms with Gasteiger partial charge in [-0.2, -0.15) is 0 Å². The molecule has 0 unspecified atom stereocenters. The first-order valence-electron chi connectivity index (χ1n) is 10.1. The molecule has 1 saturated heterocycles. The number of piperazine rings is 1. The second kappa shape index (κ2) is 8.93. The van der Waals surface area contributed by atoms with E-state index in [9.17, 15) is 4.79 Å². The van der Waals surface area contributed by atoms with Crippen molar-refractivity contribution in [2.45, 2.75) is 13.3 Å². The second-order valence-corrected chi connectivity index (χ2v) is 7.64. The van der Waals surface area contributed by atoms with Gasteiger partial charge in [0.15, 0.2) is 11.5 Å². The van der Waals surface area contributed by atoms with Gasteiger partial charge in [0.1, 0.15) is 0 Å². The molecule has 0 atom stereocenters. The summed E-state index contributed by atoms with van der Waals surface area (Å²) in [4.78, 5) is 17.7. The van der Waals surface area contributed by atoms with E-state index in [4.69, 9.17) is 21.1 Å². The van der Waals surface area contributed by atoms with Crippen LogP contribution in [-0.2, 0) is 0 Å². The summed E-state index contributed by atoms with van der Waals surface area (Å²) < 4.78 is 11.4. The van der Waals surface area contributed by atoms with Crippen molar-refractivity contribution in [3.63, 3.8) is 0 Å². The molecule has 6 nitrogen and oxygen atoms in total. The predicted octanol–water partition coefficient (Wildman–Crippen LogP) is 3.90. The Hall–Kier alpha value is -2.44. The van der Waals surface area contributed by atoms with Crippen LogP contribution in [0.4, 0.5) is 11.4 Å². The zero-order chi connectivity index (χ0) is 20.2. The number of halogens is 1. The van der Waals surface area contributed by atoms with Crippen LogP contribution >= 0.6 is 11.6 Å². The molecule has 0 spiro atoms. The summed E-state index contributed by atoms with van der Waals surface area (Å²) in [7, 11) is 0. The van der Waals surface area contributed by atoms with Crippen molar-refractivity contribution in [2.24, 2.45) is 0 Å². The van der Waals surface area contributed by atoms with E-state index in [-0.39, 0.29) is 5.91 Å². The summed E-state index contributed by atoms with van der Waals surface area (Å²) in [5, 5.41) is 3.44. The maximum Gasteiger partial charge on any atom is 0.255 e. The van der Waals surface area contributed by atoms with E-state index in [1.54, 1.807) is 12.1 Å². The molecule has 2 heterocycles. The third-order valence-electron chi connectivity index (χ3n) is 5.38. The van der Waals surface area contributed by atoms with Gasteiger partial charge >= 0.3 is 0 Å². The number of nitrogens with zero attached hydrogens (tertiary/aromatic N) is 2. The molecule has 2 aliphatic heterocycles. The lowest BCUT2D eigenvalue weighted by atomic mass is 10.1. The van der Waals surface area contributed by atoms with Crippen LogP contribution in [0.5, 0.6) is 11.5 Å². The Balaban J connectivity index is 1.54. The van der Waals surface area contributed by atoms with Gasteiger partial charge in [0, 0.05) is 38.2 Å². The lowest BCUT2D eigenvalue weighted by Gasteiger charge is -2.36. The Morgan fingerprint density at radius 3 is 2.66 bits per heavy atom. The maximum absolute atomic E-state index is 13.0. The number of rotatable bonds is 4. The van der Waals surface area contributed by atoms with Crippen LogP contribution in [0, 0.1) is 0 Å². The largest absolute Gasteiger partial charge is 0.489 e. The fourth-order valence-corrected chi connectivity index (χ4v) is 3.98. The normalized spacial score (nSPS) is 17.0. The molecule has 2 aromatic carbocycles. The summed E-state index contributed by atoms with van der Waals surface area (Å²) in [6.45, 7) is 8.28. The molecule has 0 radical (unpaired) electrons. The average molecular weight is 416 g/mol. The molecule has 1 amide bonds. The predicted molar refractivity (Wildman–Crippen MR) is 116 cm³/mol. The molecule has 29 heavy (non-hydrogen) atoms. The zero-order valence-electron chi connectivity index (χ0n) is 16.6. The molecule has 2 aliphatic rings. The molecule has 0 bridgehead atoms. The van der Waals surface area contributed by atoms with Crippen LogP contribution in [0.25, 0.3) is 0 Å². The number of fused-ring (bicyclic) bond motifs is 1.